The maximum atomic E-state index is 11.9. The average molecular weight is 308 g/mol. The Kier molecular flexibility index (Phi) is 5.31. The van der Waals surface area contributed by atoms with Crippen molar-refractivity contribution in [1.29, 1.82) is 0 Å². The van der Waals surface area contributed by atoms with Crippen LogP contribution in [0.15, 0.2) is 54.6 Å². The molecule has 23 heavy (non-hydrogen) atoms. The molecule has 2 rings (SSSR count). The molecule has 2 amide bonds. The van der Waals surface area contributed by atoms with Gasteiger partial charge in [0.15, 0.2) is 0 Å². The van der Waals surface area contributed by atoms with E-state index in [4.69, 9.17) is 5.73 Å². The Morgan fingerprint density at radius 3 is 2.13 bits per heavy atom. The molecule has 4 nitrogen and oxygen atoms in total. The minimum Gasteiger partial charge on any atom is -0.366 e. The lowest BCUT2D eigenvalue weighted by Gasteiger charge is -2.05. The molecule has 0 spiro atoms. The Hall–Kier alpha value is -2.88. The first-order valence-corrected chi connectivity index (χ1v) is 7.44. The Bertz CT molecular complexity index is 714. The largest absolute Gasteiger partial charge is 0.366 e. The van der Waals surface area contributed by atoms with E-state index < -0.39 is 5.91 Å². The van der Waals surface area contributed by atoms with Gasteiger partial charge in [0.25, 0.3) is 0 Å². The number of anilines is 1. The number of hydrogen-bond acceptors (Lipinski definition) is 2. The zero-order chi connectivity index (χ0) is 16.8. The lowest BCUT2D eigenvalue weighted by Crippen LogP contribution is -2.11. The second-order valence-corrected chi connectivity index (χ2v) is 5.59. The molecule has 0 aliphatic carbocycles. The number of amides is 2. The van der Waals surface area contributed by atoms with Crippen molar-refractivity contribution in [1.82, 2.24) is 0 Å². The first kappa shape index (κ1) is 16.5. The molecule has 0 unspecified atom stereocenters. The third-order valence-electron chi connectivity index (χ3n) is 3.47. The van der Waals surface area contributed by atoms with E-state index >= 15 is 0 Å². The van der Waals surface area contributed by atoms with Crippen molar-refractivity contribution in [3.05, 3.63) is 71.3 Å². The zero-order valence-electron chi connectivity index (χ0n) is 13.2. The molecule has 0 aliphatic heterocycles. The third kappa shape index (κ3) is 4.81. The molecule has 0 atom stereocenters. The van der Waals surface area contributed by atoms with Crippen LogP contribution in [0.1, 0.15) is 41.3 Å². The Labute approximate surface area is 136 Å². The van der Waals surface area contributed by atoms with E-state index in [-0.39, 0.29) is 5.91 Å². The van der Waals surface area contributed by atoms with E-state index in [0.717, 1.165) is 5.56 Å². The molecule has 2 aromatic carbocycles. The summed E-state index contributed by atoms with van der Waals surface area (Å²) in [5.74, 6) is -0.239. The predicted molar refractivity (Wildman–Crippen MR) is 93.2 cm³/mol. The molecule has 0 fully saturated rings. The van der Waals surface area contributed by atoms with Gasteiger partial charge in [-0.1, -0.05) is 38.1 Å². The molecule has 2 aromatic rings. The van der Waals surface area contributed by atoms with Crippen LogP contribution >= 0.6 is 0 Å². The van der Waals surface area contributed by atoms with Crippen LogP contribution in [0.2, 0.25) is 0 Å². The van der Waals surface area contributed by atoms with Crippen LogP contribution in [0.25, 0.3) is 6.08 Å². The molecule has 0 saturated heterocycles. The minimum absolute atomic E-state index is 0.232. The number of nitrogens with one attached hydrogen (secondary N) is 1. The van der Waals surface area contributed by atoms with Gasteiger partial charge >= 0.3 is 0 Å². The molecular weight excluding hydrogens is 288 g/mol. The van der Waals surface area contributed by atoms with Crippen LogP contribution in [0, 0.1) is 0 Å². The summed E-state index contributed by atoms with van der Waals surface area (Å²) in [6, 6.07) is 14.5. The summed E-state index contributed by atoms with van der Waals surface area (Å²) in [5, 5.41) is 2.73. The van der Waals surface area contributed by atoms with E-state index in [1.54, 1.807) is 30.3 Å². The molecule has 4 heteroatoms. The highest BCUT2D eigenvalue weighted by atomic mass is 16.1. The van der Waals surface area contributed by atoms with Crippen LogP contribution in [0.5, 0.6) is 0 Å². The van der Waals surface area contributed by atoms with E-state index in [9.17, 15) is 9.59 Å². The number of hydrogen-bond donors (Lipinski definition) is 2. The second kappa shape index (κ2) is 7.40. The number of carbonyl (C=O) groups is 2. The lowest BCUT2D eigenvalue weighted by atomic mass is 10.0. The number of nitrogens with two attached hydrogens (primary N) is 1. The third-order valence-corrected chi connectivity index (χ3v) is 3.47. The standard InChI is InChI=1S/C19H20N2O2/c1-13(2)15-6-3-14(4-7-15)5-12-18(22)21-17-10-8-16(9-11-17)19(20)23/h3-13H,1-2H3,(H2,20,23)(H,21,22). The van der Waals surface area contributed by atoms with Gasteiger partial charge in [0.1, 0.15) is 0 Å². The van der Waals surface area contributed by atoms with Gasteiger partial charge < -0.3 is 11.1 Å². The van der Waals surface area contributed by atoms with Crippen molar-refractivity contribution in [3.8, 4) is 0 Å². The Morgan fingerprint density at radius 2 is 1.61 bits per heavy atom. The summed E-state index contributed by atoms with van der Waals surface area (Å²) in [5.41, 5.74) is 8.42. The zero-order valence-corrected chi connectivity index (χ0v) is 13.2. The maximum Gasteiger partial charge on any atom is 0.248 e. The lowest BCUT2D eigenvalue weighted by molar-refractivity contribution is -0.111. The van der Waals surface area contributed by atoms with E-state index in [1.165, 1.54) is 11.6 Å². The van der Waals surface area contributed by atoms with Gasteiger partial charge in [0, 0.05) is 17.3 Å². The van der Waals surface area contributed by atoms with Crippen molar-refractivity contribution in [2.24, 2.45) is 5.73 Å². The van der Waals surface area contributed by atoms with E-state index in [0.29, 0.717) is 17.2 Å². The van der Waals surface area contributed by atoms with Gasteiger partial charge in [-0.25, -0.2) is 0 Å². The first-order valence-electron chi connectivity index (χ1n) is 7.44. The van der Waals surface area contributed by atoms with Crippen LogP contribution in [-0.4, -0.2) is 11.8 Å². The van der Waals surface area contributed by atoms with Gasteiger partial charge in [-0.3, -0.25) is 9.59 Å². The van der Waals surface area contributed by atoms with Crippen molar-refractivity contribution in [2.45, 2.75) is 19.8 Å². The van der Waals surface area contributed by atoms with Gasteiger partial charge in [-0.05, 0) is 47.4 Å². The molecule has 3 N–H and O–H groups in total. The van der Waals surface area contributed by atoms with Gasteiger partial charge in [0.2, 0.25) is 11.8 Å². The van der Waals surface area contributed by atoms with Crippen molar-refractivity contribution < 1.29 is 9.59 Å². The molecule has 0 saturated carbocycles. The monoisotopic (exact) mass is 308 g/mol. The maximum absolute atomic E-state index is 11.9. The fourth-order valence-electron chi connectivity index (χ4n) is 2.07. The molecule has 0 bridgehead atoms. The van der Waals surface area contributed by atoms with Crippen molar-refractivity contribution in [2.75, 3.05) is 5.32 Å². The summed E-state index contributed by atoms with van der Waals surface area (Å²) in [7, 11) is 0. The molecule has 0 radical (unpaired) electrons. The van der Waals surface area contributed by atoms with E-state index in [2.05, 4.69) is 31.3 Å². The SMILES string of the molecule is CC(C)c1ccc(C=CC(=O)Nc2ccc(C(N)=O)cc2)cc1. The number of primary amides is 1. The summed E-state index contributed by atoms with van der Waals surface area (Å²) >= 11 is 0. The highest BCUT2D eigenvalue weighted by Crippen LogP contribution is 2.15. The van der Waals surface area contributed by atoms with Crippen molar-refractivity contribution >= 4 is 23.6 Å². The number of benzene rings is 2. The van der Waals surface area contributed by atoms with E-state index in [1.807, 2.05) is 12.1 Å². The average Bonchev–Trinajstić information content (AvgIpc) is 2.54. The van der Waals surface area contributed by atoms with Crippen LogP contribution in [-0.2, 0) is 4.79 Å². The summed E-state index contributed by atoms with van der Waals surface area (Å²) in [4.78, 5) is 22.9. The summed E-state index contributed by atoms with van der Waals surface area (Å²) in [6.45, 7) is 4.28. The highest BCUT2D eigenvalue weighted by molar-refractivity contribution is 6.02. The first-order chi connectivity index (χ1) is 11.0. The van der Waals surface area contributed by atoms with Gasteiger partial charge in [0.05, 0.1) is 0 Å². The Morgan fingerprint density at radius 1 is 1.00 bits per heavy atom. The molecule has 0 aliphatic rings. The highest BCUT2D eigenvalue weighted by Gasteiger charge is 2.02. The number of carbonyl (C=O) groups excluding carboxylic acids is 2. The van der Waals surface area contributed by atoms with Crippen LogP contribution in [0.4, 0.5) is 5.69 Å². The predicted octanol–water partition coefficient (Wildman–Crippen LogP) is 3.56. The fraction of sp³-hybridized carbons (Fsp3) is 0.158. The summed E-state index contributed by atoms with van der Waals surface area (Å²) < 4.78 is 0. The molecule has 0 heterocycles. The molecule has 0 aromatic heterocycles. The molecular formula is C19H20N2O2. The summed E-state index contributed by atoms with van der Waals surface area (Å²) in [6.07, 6.45) is 3.24. The number of rotatable bonds is 5. The minimum atomic E-state index is -0.493. The van der Waals surface area contributed by atoms with Crippen molar-refractivity contribution in [3.63, 3.8) is 0 Å². The van der Waals surface area contributed by atoms with Crippen LogP contribution < -0.4 is 11.1 Å². The van der Waals surface area contributed by atoms with Gasteiger partial charge in [-0.2, -0.15) is 0 Å². The fourth-order valence-corrected chi connectivity index (χ4v) is 2.07. The Balaban J connectivity index is 1.97. The normalized spacial score (nSPS) is 10.9. The van der Waals surface area contributed by atoms with Crippen LogP contribution in [0.3, 0.4) is 0 Å². The second-order valence-electron chi connectivity index (χ2n) is 5.59. The van der Waals surface area contributed by atoms with Gasteiger partial charge in [-0.15, -0.1) is 0 Å². The molecule has 118 valence electrons. The quantitative estimate of drug-likeness (QED) is 0.829. The smallest absolute Gasteiger partial charge is 0.248 e. The topological polar surface area (TPSA) is 72.2 Å².